The molecular formula is C11H10ClIN2O3. The minimum Gasteiger partial charge on any atom is -0.481 e. The Morgan fingerprint density at radius 1 is 1.44 bits per heavy atom. The quantitative estimate of drug-likeness (QED) is 0.775. The Hall–Kier alpha value is -1.02. The summed E-state index contributed by atoms with van der Waals surface area (Å²) in [4.78, 5) is 23.9. The van der Waals surface area contributed by atoms with Crippen LogP contribution in [0.3, 0.4) is 0 Å². The average Bonchev–Trinajstić information content (AvgIpc) is 2.19. The van der Waals surface area contributed by atoms with Crippen LogP contribution in [0.15, 0.2) is 18.2 Å². The number of carbonyl (C=O) groups is 2. The van der Waals surface area contributed by atoms with Crippen molar-refractivity contribution in [3.05, 3.63) is 26.8 Å². The van der Waals surface area contributed by atoms with Crippen molar-refractivity contribution in [3.8, 4) is 0 Å². The second-order valence-electron chi connectivity index (χ2n) is 3.99. The number of nitrogens with one attached hydrogen (secondary N) is 1. The van der Waals surface area contributed by atoms with Gasteiger partial charge in [0.2, 0.25) is 0 Å². The fourth-order valence-corrected chi connectivity index (χ4v) is 2.59. The molecule has 0 aliphatic carbocycles. The Balaban J connectivity index is 1.94. The number of anilines is 1. The van der Waals surface area contributed by atoms with Gasteiger partial charge in [-0.15, -0.1) is 0 Å². The number of hydrogen-bond donors (Lipinski definition) is 2. The molecule has 1 aliphatic rings. The maximum Gasteiger partial charge on any atom is 0.321 e. The third-order valence-electron chi connectivity index (χ3n) is 2.69. The third-order valence-corrected chi connectivity index (χ3v) is 3.82. The van der Waals surface area contributed by atoms with Gasteiger partial charge in [0.15, 0.2) is 0 Å². The molecule has 1 heterocycles. The first kappa shape index (κ1) is 13.4. The lowest BCUT2D eigenvalue weighted by Gasteiger charge is -2.36. The molecule has 2 N–H and O–H groups in total. The molecule has 1 saturated heterocycles. The van der Waals surface area contributed by atoms with E-state index in [9.17, 15) is 9.59 Å². The first-order valence-corrected chi connectivity index (χ1v) is 6.67. The van der Waals surface area contributed by atoms with Crippen LogP contribution in [0.5, 0.6) is 0 Å². The van der Waals surface area contributed by atoms with Gasteiger partial charge in [0.05, 0.1) is 11.6 Å². The van der Waals surface area contributed by atoms with E-state index in [1.165, 1.54) is 4.90 Å². The number of likely N-dealkylation sites (tertiary alicyclic amines) is 1. The number of hydrogen-bond acceptors (Lipinski definition) is 2. The number of benzene rings is 1. The predicted molar refractivity (Wildman–Crippen MR) is 75.9 cm³/mol. The van der Waals surface area contributed by atoms with Crippen molar-refractivity contribution in [3.63, 3.8) is 0 Å². The Morgan fingerprint density at radius 3 is 2.67 bits per heavy atom. The second kappa shape index (κ2) is 5.31. The van der Waals surface area contributed by atoms with Gasteiger partial charge in [-0.1, -0.05) is 11.6 Å². The van der Waals surface area contributed by atoms with E-state index < -0.39 is 11.9 Å². The predicted octanol–water partition coefficient (Wildman–Crippen LogP) is 2.49. The molecule has 18 heavy (non-hydrogen) atoms. The second-order valence-corrected chi connectivity index (χ2v) is 5.59. The first-order chi connectivity index (χ1) is 8.47. The zero-order valence-electron chi connectivity index (χ0n) is 9.19. The van der Waals surface area contributed by atoms with Crippen LogP contribution in [0.25, 0.3) is 0 Å². The minimum atomic E-state index is -0.861. The molecule has 1 aromatic rings. The lowest BCUT2D eigenvalue weighted by molar-refractivity contribution is -0.145. The minimum absolute atomic E-state index is 0.255. The highest BCUT2D eigenvalue weighted by Gasteiger charge is 2.35. The number of amides is 2. The van der Waals surface area contributed by atoms with Gasteiger partial charge in [0, 0.05) is 21.7 Å². The number of carboxylic acids is 1. The van der Waals surface area contributed by atoms with Crippen molar-refractivity contribution in [1.82, 2.24) is 4.90 Å². The fourth-order valence-electron chi connectivity index (χ4n) is 1.59. The molecule has 7 heteroatoms. The number of urea groups is 1. The van der Waals surface area contributed by atoms with E-state index in [1.54, 1.807) is 18.2 Å². The number of halogens is 2. The van der Waals surface area contributed by atoms with Crippen LogP contribution in [-0.2, 0) is 4.79 Å². The molecule has 0 atom stereocenters. The highest BCUT2D eigenvalue weighted by atomic mass is 127. The number of nitrogens with zero attached hydrogens (tertiary/aromatic N) is 1. The van der Waals surface area contributed by atoms with Gasteiger partial charge in [-0.25, -0.2) is 4.79 Å². The molecule has 0 aromatic heterocycles. The molecule has 96 valence electrons. The van der Waals surface area contributed by atoms with Crippen molar-refractivity contribution >= 4 is 51.9 Å². The molecule has 2 rings (SSSR count). The van der Waals surface area contributed by atoms with Crippen molar-refractivity contribution in [2.45, 2.75) is 0 Å². The van der Waals surface area contributed by atoms with Crippen LogP contribution in [0, 0.1) is 9.49 Å². The molecule has 5 nitrogen and oxygen atoms in total. The Morgan fingerprint density at radius 2 is 2.11 bits per heavy atom. The summed E-state index contributed by atoms with van der Waals surface area (Å²) in [6.07, 6.45) is 0. The summed E-state index contributed by atoms with van der Waals surface area (Å²) in [5.74, 6) is -1.31. The lowest BCUT2D eigenvalue weighted by Crippen LogP contribution is -2.54. The normalized spacial score (nSPS) is 15.1. The molecule has 1 aliphatic heterocycles. The summed E-state index contributed by atoms with van der Waals surface area (Å²) >= 11 is 7.89. The molecule has 0 bridgehead atoms. The van der Waals surface area contributed by atoms with Crippen LogP contribution in [0.2, 0.25) is 5.02 Å². The van der Waals surface area contributed by atoms with Gasteiger partial charge >= 0.3 is 12.0 Å². The summed E-state index contributed by atoms with van der Waals surface area (Å²) in [6, 6.07) is 4.87. The summed E-state index contributed by atoms with van der Waals surface area (Å²) < 4.78 is 0.837. The van der Waals surface area contributed by atoms with Gasteiger partial charge in [0.1, 0.15) is 0 Å². The van der Waals surface area contributed by atoms with Crippen molar-refractivity contribution < 1.29 is 14.7 Å². The van der Waals surface area contributed by atoms with E-state index in [1.807, 2.05) is 0 Å². The van der Waals surface area contributed by atoms with Crippen molar-refractivity contribution in [2.75, 3.05) is 18.4 Å². The van der Waals surface area contributed by atoms with Crippen LogP contribution >= 0.6 is 34.2 Å². The SMILES string of the molecule is O=C(O)C1CN(C(=O)Nc2ccc(Cl)cc2I)C1. The standard InChI is InChI=1S/C11H10ClIN2O3/c12-7-1-2-9(8(13)3-7)14-11(18)15-4-6(5-15)10(16)17/h1-3,6H,4-5H2,(H,14,18)(H,16,17). The lowest BCUT2D eigenvalue weighted by atomic mass is 10.0. The Labute approximate surface area is 122 Å². The highest BCUT2D eigenvalue weighted by molar-refractivity contribution is 14.1. The maximum absolute atomic E-state index is 11.8. The van der Waals surface area contributed by atoms with Crippen molar-refractivity contribution in [1.29, 1.82) is 0 Å². The highest BCUT2D eigenvalue weighted by Crippen LogP contribution is 2.24. The average molecular weight is 381 g/mol. The summed E-state index contributed by atoms with van der Waals surface area (Å²) in [5, 5.41) is 12.1. The van der Waals surface area contributed by atoms with Crippen LogP contribution in [0.4, 0.5) is 10.5 Å². The van der Waals surface area contributed by atoms with Gasteiger partial charge in [-0.05, 0) is 40.8 Å². The molecule has 0 radical (unpaired) electrons. The van der Waals surface area contributed by atoms with E-state index >= 15 is 0 Å². The number of aliphatic carboxylic acids is 1. The van der Waals surface area contributed by atoms with E-state index in [2.05, 4.69) is 27.9 Å². The summed E-state index contributed by atoms with van der Waals surface area (Å²) in [6.45, 7) is 0.511. The van der Waals surface area contributed by atoms with Gasteiger partial charge < -0.3 is 15.3 Å². The number of carbonyl (C=O) groups excluding carboxylic acids is 1. The Bertz CT molecular complexity index is 503. The third kappa shape index (κ3) is 2.86. The molecule has 2 amide bonds. The summed E-state index contributed by atoms with van der Waals surface area (Å²) in [5.41, 5.74) is 0.670. The van der Waals surface area contributed by atoms with E-state index in [0.29, 0.717) is 10.7 Å². The van der Waals surface area contributed by atoms with Crippen LogP contribution in [0.1, 0.15) is 0 Å². The van der Waals surface area contributed by atoms with Gasteiger partial charge in [-0.2, -0.15) is 0 Å². The molecule has 0 unspecified atom stereocenters. The molecule has 0 saturated carbocycles. The van der Waals surface area contributed by atoms with Crippen LogP contribution in [-0.4, -0.2) is 35.1 Å². The molecule has 1 fully saturated rings. The van der Waals surface area contributed by atoms with Gasteiger partial charge in [-0.3, -0.25) is 4.79 Å². The zero-order valence-corrected chi connectivity index (χ0v) is 12.1. The molecule has 1 aromatic carbocycles. The van der Waals surface area contributed by atoms with E-state index in [4.69, 9.17) is 16.7 Å². The maximum atomic E-state index is 11.8. The smallest absolute Gasteiger partial charge is 0.321 e. The monoisotopic (exact) mass is 380 g/mol. The number of rotatable bonds is 2. The largest absolute Gasteiger partial charge is 0.481 e. The fraction of sp³-hybridized carbons (Fsp3) is 0.273. The van der Waals surface area contributed by atoms with Gasteiger partial charge in [0.25, 0.3) is 0 Å². The first-order valence-electron chi connectivity index (χ1n) is 5.21. The molecule has 0 spiro atoms. The molecular weight excluding hydrogens is 370 g/mol. The summed E-state index contributed by atoms with van der Waals surface area (Å²) in [7, 11) is 0. The Kier molecular flexibility index (Phi) is 3.96. The zero-order chi connectivity index (χ0) is 13.3. The van der Waals surface area contributed by atoms with E-state index in [0.717, 1.165) is 3.57 Å². The number of carboxylic acid groups (broad SMARTS) is 1. The van der Waals surface area contributed by atoms with Crippen LogP contribution < -0.4 is 5.32 Å². The van der Waals surface area contributed by atoms with Crippen molar-refractivity contribution in [2.24, 2.45) is 5.92 Å². The van der Waals surface area contributed by atoms with E-state index in [-0.39, 0.29) is 19.1 Å². The topological polar surface area (TPSA) is 69.6 Å².